The number of ether oxygens (including phenoxy) is 1. The van der Waals surface area contributed by atoms with Crippen LogP contribution in [0, 0.1) is 0 Å². The number of carbonyl (C=O) groups excluding carboxylic acids is 2. The third-order valence-corrected chi connectivity index (χ3v) is 3.33. The minimum Gasteiger partial charge on any atom is -0.468 e. The number of aliphatic hydroxyl groups excluding tert-OH is 1. The fourth-order valence-corrected chi connectivity index (χ4v) is 2.46. The number of hydrogen-bond acceptors (Lipinski definition) is 5. The molecule has 2 saturated heterocycles. The first-order valence-electron chi connectivity index (χ1n) is 5.40. The van der Waals surface area contributed by atoms with Crippen LogP contribution in [0.15, 0.2) is 0 Å². The largest absolute Gasteiger partial charge is 0.468 e. The highest BCUT2D eigenvalue weighted by Crippen LogP contribution is 2.34. The molecule has 1 amide bonds. The number of aliphatic hydroxyl groups is 1. The lowest BCUT2D eigenvalue weighted by Gasteiger charge is -2.22. The Morgan fingerprint density at radius 2 is 2.50 bits per heavy atom. The van der Waals surface area contributed by atoms with Crippen molar-refractivity contribution in [1.82, 2.24) is 10.2 Å². The number of methoxy groups -OCH3 is 1. The summed E-state index contributed by atoms with van der Waals surface area (Å²) in [6, 6.07) is 0. The molecule has 2 rings (SSSR count). The zero-order chi connectivity index (χ0) is 11.8. The number of amides is 1. The summed E-state index contributed by atoms with van der Waals surface area (Å²) in [4.78, 5) is 24.4. The van der Waals surface area contributed by atoms with E-state index >= 15 is 0 Å². The van der Waals surface area contributed by atoms with Gasteiger partial charge in [-0.1, -0.05) is 0 Å². The SMILES string of the molecule is COC(=O)CN1C(=O)[C@@]2(CCCN2)CC1O. The number of carbonyl (C=O) groups is 2. The maximum atomic E-state index is 12.1. The maximum Gasteiger partial charge on any atom is 0.325 e. The summed E-state index contributed by atoms with van der Waals surface area (Å²) in [6.07, 6.45) is 1.10. The Balaban J connectivity index is 2.10. The van der Waals surface area contributed by atoms with Gasteiger partial charge in [0.15, 0.2) is 0 Å². The molecular weight excluding hydrogens is 212 g/mol. The number of rotatable bonds is 2. The van der Waals surface area contributed by atoms with Crippen molar-refractivity contribution in [1.29, 1.82) is 0 Å². The molecule has 0 radical (unpaired) electrons. The second kappa shape index (κ2) is 4.03. The van der Waals surface area contributed by atoms with Crippen LogP contribution in [0.2, 0.25) is 0 Å². The first-order chi connectivity index (χ1) is 7.59. The van der Waals surface area contributed by atoms with Gasteiger partial charge in [0.05, 0.1) is 7.11 Å². The van der Waals surface area contributed by atoms with Crippen LogP contribution in [0.1, 0.15) is 19.3 Å². The minimum absolute atomic E-state index is 0.181. The first kappa shape index (κ1) is 11.3. The average molecular weight is 228 g/mol. The fourth-order valence-electron chi connectivity index (χ4n) is 2.46. The monoisotopic (exact) mass is 228 g/mol. The summed E-state index contributed by atoms with van der Waals surface area (Å²) in [5, 5.41) is 12.9. The third-order valence-electron chi connectivity index (χ3n) is 3.33. The number of nitrogens with zero attached hydrogens (tertiary/aromatic N) is 1. The van der Waals surface area contributed by atoms with Gasteiger partial charge in [-0.15, -0.1) is 0 Å². The van der Waals surface area contributed by atoms with Crippen LogP contribution in [0.5, 0.6) is 0 Å². The summed E-state index contributed by atoms with van der Waals surface area (Å²) < 4.78 is 4.50. The van der Waals surface area contributed by atoms with Crippen molar-refractivity contribution in [3.05, 3.63) is 0 Å². The van der Waals surface area contributed by atoms with Gasteiger partial charge < -0.3 is 20.1 Å². The van der Waals surface area contributed by atoms with E-state index in [9.17, 15) is 14.7 Å². The highest BCUT2D eigenvalue weighted by atomic mass is 16.5. The van der Waals surface area contributed by atoms with Crippen molar-refractivity contribution in [3.8, 4) is 0 Å². The number of esters is 1. The van der Waals surface area contributed by atoms with Crippen molar-refractivity contribution in [2.24, 2.45) is 0 Å². The Morgan fingerprint density at radius 1 is 1.75 bits per heavy atom. The molecule has 0 aromatic rings. The molecule has 1 spiro atoms. The van der Waals surface area contributed by atoms with Crippen molar-refractivity contribution >= 4 is 11.9 Å². The molecule has 0 bridgehead atoms. The molecular formula is C10H16N2O4. The summed E-state index contributed by atoms with van der Waals surface area (Å²) in [5.41, 5.74) is -0.645. The lowest BCUT2D eigenvalue weighted by molar-refractivity contribution is -0.150. The van der Waals surface area contributed by atoms with E-state index in [1.54, 1.807) is 0 Å². The Morgan fingerprint density at radius 3 is 3.06 bits per heavy atom. The molecule has 2 heterocycles. The van der Waals surface area contributed by atoms with Crippen LogP contribution in [0.3, 0.4) is 0 Å². The zero-order valence-corrected chi connectivity index (χ0v) is 9.23. The van der Waals surface area contributed by atoms with Crippen LogP contribution >= 0.6 is 0 Å². The smallest absolute Gasteiger partial charge is 0.325 e. The summed E-state index contributed by atoms with van der Waals surface area (Å²) >= 11 is 0. The van der Waals surface area contributed by atoms with Gasteiger partial charge in [0.25, 0.3) is 0 Å². The van der Waals surface area contributed by atoms with Crippen molar-refractivity contribution in [2.75, 3.05) is 20.2 Å². The molecule has 0 saturated carbocycles. The molecule has 0 aromatic heterocycles. The lowest BCUT2D eigenvalue weighted by Crippen LogP contribution is -2.48. The van der Waals surface area contributed by atoms with E-state index in [1.807, 2.05) is 0 Å². The van der Waals surface area contributed by atoms with Gasteiger partial charge in [-0.25, -0.2) is 0 Å². The fraction of sp³-hybridized carbons (Fsp3) is 0.800. The van der Waals surface area contributed by atoms with E-state index in [1.165, 1.54) is 12.0 Å². The van der Waals surface area contributed by atoms with E-state index in [0.29, 0.717) is 6.42 Å². The van der Waals surface area contributed by atoms with Gasteiger partial charge in [-0.05, 0) is 19.4 Å². The van der Waals surface area contributed by atoms with Crippen LogP contribution in [-0.4, -0.2) is 53.8 Å². The normalized spacial score (nSPS) is 33.8. The first-order valence-corrected chi connectivity index (χ1v) is 5.40. The molecule has 2 aliphatic rings. The summed E-state index contributed by atoms with van der Waals surface area (Å²) in [5.74, 6) is -0.703. The highest BCUT2D eigenvalue weighted by molar-refractivity contribution is 5.91. The van der Waals surface area contributed by atoms with Gasteiger partial charge in [0.2, 0.25) is 5.91 Å². The minimum atomic E-state index is -0.891. The van der Waals surface area contributed by atoms with Crippen LogP contribution < -0.4 is 5.32 Å². The zero-order valence-electron chi connectivity index (χ0n) is 9.23. The molecule has 2 N–H and O–H groups in total. The second-order valence-corrected chi connectivity index (χ2v) is 4.31. The number of likely N-dealkylation sites (tertiary alicyclic amines) is 1. The number of hydrogen-bond donors (Lipinski definition) is 2. The van der Waals surface area contributed by atoms with Gasteiger partial charge >= 0.3 is 5.97 Å². The lowest BCUT2D eigenvalue weighted by atomic mass is 9.95. The molecule has 0 aromatic carbocycles. The summed E-state index contributed by atoms with van der Waals surface area (Å²) in [7, 11) is 1.26. The number of nitrogens with one attached hydrogen (secondary N) is 1. The molecule has 2 atom stereocenters. The predicted octanol–water partition coefficient (Wildman–Crippen LogP) is -1.17. The van der Waals surface area contributed by atoms with E-state index in [4.69, 9.17) is 0 Å². The van der Waals surface area contributed by atoms with Gasteiger partial charge in [0.1, 0.15) is 18.3 Å². The Bertz CT molecular complexity index is 312. The standard InChI is InChI=1S/C10H16N2O4/c1-16-8(14)6-12-7(13)5-10(9(12)15)3-2-4-11-10/h7,11,13H,2-6H2,1H3/t7?,10-/m1/s1. The molecule has 16 heavy (non-hydrogen) atoms. The van der Waals surface area contributed by atoms with Crippen LogP contribution in [0.4, 0.5) is 0 Å². The molecule has 1 unspecified atom stereocenters. The second-order valence-electron chi connectivity index (χ2n) is 4.31. The molecule has 6 nitrogen and oxygen atoms in total. The van der Waals surface area contributed by atoms with Crippen LogP contribution in [-0.2, 0) is 14.3 Å². The van der Waals surface area contributed by atoms with Gasteiger partial charge in [0, 0.05) is 6.42 Å². The Kier molecular flexibility index (Phi) is 2.86. The van der Waals surface area contributed by atoms with Crippen LogP contribution in [0.25, 0.3) is 0 Å². The third kappa shape index (κ3) is 1.68. The van der Waals surface area contributed by atoms with Crippen molar-refractivity contribution in [3.63, 3.8) is 0 Å². The highest BCUT2D eigenvalue weighted by Gasteiger charge is 2.52. The topological polar surface area (TPSA) is 78.9 Å². The van der Waals surface area contributed by atoms with E-state index in [0.717, 1.165) is 19.4 Å². The van der Waals surface area contributed by atoms with Gasteiger partial charge in [-0.3, -0.25) is 9.59 Å². The Hall–Kier alpha value is -1.14. The van der Waals surface area contributed by atoms with E-state index in [2.05, 4.69) is 10.1 Å². The summed E-state index contributed by atoms with van der Waals surface area (Å²) in [6.45, 7) is 0.602. The molecule has 2 aliphatic heterocycles. The predicted molar refractivity (Wildman–Crippen MR) is 54.3 cm³/mol. The Labute approximate surface area is 93.6 Å². The van der Waals surface area contributed by atoms with E-state index < -0.39 is 17.7 Å². The quantitative estimate of drug-likeness (QED) is 0.582. The van der Waals surface area contributed by atoms with Crippen molar-refractivity contribution in [2.45, 2.75) is 31.0 Å². The average Bonchev–Trinajstić information content (AvgIpc) is 2.81. The molecule has 2 fully saturated rings. The molecule has 0 aliphatic carbocycles. The van der Waals surface area contributed by atoms with Crippen molar-refractivity contribution < 1.29 is 19.4 Å². The maximum absolute atomic E-state index is 12.1. The van der Waals surface area contributed by atoms with E-state index in [-0.39, 0.29) is 12.5 Å². The molecule has 90 valence electrons. The molecule has 6 heteroatoms. The van der Waals surface area contributed by atoms with Gasteiger partial charge in [-0.2, -0.15) is 0 Å².